The van der Waals surface area contributed by atoms with Crippen LogP contribution >= 0.6 is 11.3 Å². The smallest absolute Gasteiger partial charge is 0.353 e. The maximum Gasteiger partial charge on any atom is 0.427 e. The second-order valence-corrected chi connectivity index (χ2v) is 6.60. The monoisotopic (exact) mass is 358 g/mol. The fraction of sp³-hybridized carbons (Fsp3) is 0.500. The van der Waals surface area contributed by atoms with Crippen LogP contribution in [0, 0.1) is 0 Å². The molecule has 0 unspecified atom stereocenters. The van der Waals surface area contributed by atoms with Crippen LogP contribution in [0.15, 0.2) is 18.5 Å². The van der Waals surface area contributed by atoms with Crippen molar-refractivity contribution in [3.63, 3.8) is 0 Å². The van der Waals surface area contributed by atoms with Gasteiger partial charge in [-0.25, -0.2) is 9.97 Å². The molecule has 0 N–H and O–H groups in total. The minimum absolute atomic E-state index is 0.415. The average Bonchev–Trinajstić information content (AvgIpc) is 3.05. The molecule has 1 aliphatic rings. The van der Waals surface area contributed by atoms with Crippen molar-refractivity contribution in [2.24, 2.45) is 0 Å². The standard InChI is InChI=1S/C14H17F3N6S/c1-21(2)12-18-4-3-11(20-12)22-5-7-23(8-6-22)13-19-9-10(24-13)14(15,16)17/h3-4,9H,5-8H2,1-2H3. The lowest BCUT2D eigenvalue weighted by atomic mass is 10.3. The molecule has 2 aromatic rings. The Morgan fingerprint density at radius 2 is 1.75 bits per heavy atom. The predicted octanol–water partition coefficient (Wildman–Crippen LogP) is 2.34. The van der Waals surface area contributed by atoms with Crippen LogP contribution < -0.4 is 14.7 Å². The molecule has 24 heavy (non-hydrogen) atoms. The number of aromatic nitrogens is 3. The minimum atomic E-state index is -4.33. The van der Waals surface area contributed by atoms with Gasteiger partial charge in [0.05, 0.1) is 6.20 Å². The minimum Gasteiger partial charge on any atom is -0.353 e. The van der Waals surface area contributed by atoms with Crippen molar-refractivity contribution >= 4 is 28.2 Å². The van der Waals surface area contributed by atoms with Crippen molar-refractivity contribution in [2.45, 2.75) is 6.18 Å². The van der Waals surface area contributed by atoms with Crippen LogP contribution in [-0.2, 0) is 6.18 Å². The Labute approximate surface area is 141 Å². The van der Waals surface area contributed by atoms with E-state index in [-0.39, 0.29) is 0 Å². The van der Waals surface area contributed by atoms with Gasteiger partial charge in [0.25, 0.3) is 0 Å². The molecule has 10 heteroatoms. The first-order valence-electron chi connectivity index (χ1n) is 7.38. The fourth-order valence-corrected chi connectivity index (χ4v) is 3.23. The zero-order chi connectivity index (χ0) is 17.3. The molecule has 1 aliphatic heterocycles. The number of nitrogens with zero attached hydrogens (tertiary/aromatic N) is 6. The summed E-state index contributed by atoms with van der Waals surface area (Å²) in [5.74, 6) is 1.45. The summed E-state index contributed by atoms with van der Waals surface area (Å²) in [4.78, 5) is 17.7. The summed E-state index contributed by atoms with van der Waals surface area (Å²) in [5.41, 5.74) is 0. The van der Waals surface area contributed by atoms with Crippen molar-refractivity contribution in [3.8, 4) is 0 Å². The van der Waals surface area contributed by atoms with Crippen LogP contribution in [0.2, 0.25) is 0 Å². The quantitative estimate of drug-likeness (QED) is 0.839. The van der Waals surface area contributed by atoms with Gasteiger partial charge in [0.2, 0.25) is 5.95 Å². The number of thiazole rings is 1. The van der Waals surface area contributed by atoms with Gasteiger partial charge in [0, 0.05) is 46.5 Å². The number of anilines is 3. The zero-order valence-corrected chi connectivity index (χ0v) is 14.1. The SMILES string of the molecule is CN(C)c1nccc(N2CCN(c3ncc(C(F)(F)F)s3)CC2)n1. The van der Waals surface area contributed by atoms with E-state index < -0.39 is 11.1 Å². The molecule has 3 heterocycles. The van der Waals surface area contributed by atoms with E-state index in [0.717, 1.165) is 12.0 Å². The number of halogens is 3. The number of hydrogen-bond acceptors (Lipinski definition) is 7. The van der Waals surface area contributed by atoms with Crippen LogP contribution in [0.3, 0.4) is 0 Å². The van der Waals surface area contributed by atoms with Crippen LogP contribution in [0.25, 0.3) is 0 Å². The summed E-state index contributed by atoms with van der Waals surface area (Å²) in [6, 6.07) is 1.84. The van der Waals surface area contributed by atoms with E-state index in [1.54, 1.807) is 6.20 Å². The van der Waals surface area contributed by atoms with Gasteiger partial charge in [-0.2, -0.15) is 18.2 Å². The van der Waals surface area contributed by atoms with Crippen molar-refractivity contribution in [3.05, 3.63) is 23.3 Å². The lowest BCUT2D eigenvalue weighted by Crippen LogP contribution is -2.46. The van der Waals surface area contributed by atoms with E-state index >= 15 is 0 Å². The normalized spacial score (nSPS) is 15.7. The van der Waals surface area contributed by atoms with Gasteiger partial charge in [0.1, 0.15) is 10.7 Å². The molecule has 2 aromatic heterocycles. The van der Waals surface area contributed by atoms with Gasteiger partial charge < -0.3 is 14.7 Å². The van der Waals surface area contributed by atoms with E-state index in [2.05, 4.69) is 19.9 Å². The number of piperazine rings is 1. The van der Waals surface area contributed by atoms with E-state index in [1.165, 1.54) is 0 Å². The Kier molecular flexibility index (Phi) is 4.48. The van der Waals surface area contributed by atoms with Gasteiger partial charge in [-0.15, -0.1) is 0 Å². The zero-order valence-electron chi connectivity index (χ0n) is 13.3. The Balaban J connectivity index is 1.65. The lowest BCUT2D eigenvalue weighted by molar-refractivity contribution is -0.134. The molecule has 0 bridgehead atoms. The van der Waals surface area contributed by atoms with E-state index in [9.17, 15) is 13.2 Å². The van der Waals surface area contributed by atoms with Crippen molar-refractivity contribution < 1.29 is 13.2 Å². The van der Waals surface area contributed by atoms with Gasteiger partial charge in [-0.3, -0.25) is 0 Å². The maximum absolute atomic E-state index is 12.7. The Morgan fingerprint density at radius 1 is 1.08 bits per heavy atom. The molecule has 1 fully saturated rings. The van der Waals surface area contributed by atoms with Gasteiger partial charge in [-0.05, 0) is 6.07 Å². The third-order valence-corrected chi connectivity index (χ3v) is 4.78. The van der Waals surface area contributed by atoms with E-state index in [0.29, 0.717) is 48.6 Å². The van der Waals surface area contributed by atoms with E-state index in [1.807, 2.05) is 30.0 Å². The number of rotatable bonds is 3. The first-order valence-corrected chi connectivity index (χ1v) is 8.19. The highest BCUT2D eigenvalue weighted by molar-refractivity contribution is 7.15. The lowest BCUT2D eigenvalue weighted by Gasteiger charge is -2.35. The van der Waals surface area contributed by atoms with Crippen LogP contribution in [0.5, 0.6) is 0 Å². The van der Waals surface area contributed by atoms with Gasteiger partial charge >= 0.3 is 6.18 Å². The number of hydrogen-bond donors (Lipinski definition) is 0. The molecular formula is C14H17F3N6S. The highest BCUT2D eigenvalue weighted by atomic mass is 32.1. The molecule has 130 valence electrons. The summed E-state index contributed by atoms with van der Waals surface area (Å²) in [5, 5.41) is 0.415. The molecule has 0 amide bonds. The third kappa shape index (κ3) is 3.53. The number of alkyl halides is 3. The summed E-state index contributed by atoms with van der Waals surface area (Å²) in [6.07, 6.45) is -1.72. The topological polar surface area (TPSA) is 48.4 Å². The summed E-state index contributed by atoms with van der Waals surface area (Å²) >= 11 is 0.689. The molecule has 0 aliphatic carbocycles. The molecule has 3 rings (SSSR count). The van der Waals surface area contributed by atoms with E-state index in [4.69, 9.17) is 0 Å². The van der Waals surface area contributed by atoms with Crippen LogP contribution in [-0.4, -0.2) is 55.2 Å². The molecule has 6 nitrogen and oxygen atoms in total. The first-order chi connectivity index (χ1) is 11.3. The largest absolute Gasteiger partial charge is 0.427 e. The molecule has 0 spiro atoms. The van der Waals surface area contributed by atoms with Crippen molar-refractivity contribution in [2.75, 3.05) is 55.0 Å². The highest BCUT2D eigenvalue weighted by Crippen LogP contribution is 2.36. The third-order valence-electron chi connectivity index (χ3n) is 3.68. The van der Waals surface area contributed by atoms with Crippen molar-refractivity contribution in [1.29, 1.82) is 0 Å². The van der Waals surface area contributed by atoms with Crippen molar-refractivity contribution in [1.82, 2.24) is 15.0 Å². The average molecular weight is 358 g/mol. The Hall–Kier alpha value is -2.10. The summed E-state index contributed by atoms with van der Waals surface area (Å²) in [6.45, 7) is 2.55. The second kappa shape index (κ2) is 6.42. The molecule has 0 atom stereocenters. The Morgan fingerprint density at radius 3 is 2.33 bits per heavy atom. The molecule has 1 saturated heterocycles. The van der Waals surface area contributed by atoms with Gasteiger partial charge in [-0.1, -0.05) is 11.3 Å². The maximum atomic E-state index is 12.7. The summed E-state index contributed by atoms with van der Waals surface area (Å²) in [7, 11) is 3.75. The van der Waals surface area contributed by atoms with Crippen LogP contribution in [0.4, 0.5) is 30.1 Å². The van der Waals surface area contributed by atoms with Gasteiger partial charge in [0.15, 0.2) is 5.13 Å². The first kappa shape index (κ1) is 16.7. The molecule has 0 radical (unpaired) electrons. The molecule has 0 saturated carbocycles. The highest BCUT2D eigenvalue weighted by Gasteiger charge is 2.34. The molecular weight excluding hydrogens is 341 g/mol. The second-order valence-electron chi connectivity index (χ2n) is 5.59. The molecule has 0 aromatic carbocycles. The summed E-state index contributed by atoms with van der Waals surface area (Å²) < 4.78 is 38.0. The predicted molar refractivity (Wildman–Crippen MR) is 87.9 cm³/mol. The van der Waals surface area contributed by atoms with Crippen LogP contribution in [0.1, 0.15) is 4.88 Å². The Bertz CT molecular complexity index is 694. The fourth-order valence-electron chi connectivity index (χ4n) is 2.40.